The van der Waals surface area contributed by atoms with Crippen molar-refractivity contribution in [3.63, 3.8) is 0 Å². The standard InChI is InChI=1S/C12H15NO/c14-11-7-3-6-10-12(11)8-4-1-2-5-9(8)13-10/h3,6-9,13-14H,1-2,4-5H2. The van der Waals surface area contributed by atoms with Crippen LogP contribution in [0.15, 0.2) is 18.2 Å². The Morgan fingerprint density at radius 1 is 1.21 bits per heavy atom. The molecule has 2 heteroatoms. The van der Waals surface area contributed by atoms with E-state index in [1.165, 1.54) is 25.7 Å². The molecule has 74 valence electrons. The van der Waals surface area contributed by atoms with E-state index in [-0.39, 0.29) is 0 Å². The first-order valence-corrected chi connectivity index (χ1v) is 5.44. The van der Waals surface area contributed by atoms with Crippen LogP contribution in [-0.4, -0.2) is 11.1 Å². The topological polar surface area (TPSA) is 32.3 Å². The van der Waals surface area contributed by atoms with Gasteiger partial charge < -0.3 is 10.4 Å². The van der Waals surface area contributed by atoms with Crippen molar-refractivity contribution < 1.29 is 5.11 Å². The average molecular weight is 189 g/mol. The molecule has 1 aliphatic heterocycles. The Balaban J connectivity index is 2.06. The highest BCUT2D eigenvalue weighted by Crippen LogP contribution is 2.47. The van der Waals surface area contributed by atoms with Crippen molar-refractivity contribution in [3.05, 3.63) is 23.8 Å². The third-order valence-electron chi connectivity index (χ3n) is 3.56. The zero-order chi connectivity index (χ0) is 9.54. The van der Waals surface area contributed by atoms with E-state index in [2.05, 4.69) is 11.4 Å². The first-order chi connectivity index (χ1) is 6.86. The van der Waals surface area contributed by atoms with Crippen molar-refractivity contribution in [2.45, 2.75) is 37.6 Å². The molecule has 2 atom stereocenters. The van der Waals surface area contributed by atoms with Gasteiger partial charge in [0.15, 0.2) is 0 Å². The van der Waals surface area contributed by atoms with Crippen molar-refractivity contribution in [2.75, 3.05) is 5.32 Å². The van der Waals surface area contributed by atoms with Crippen LogP contribution in [-0.2, 0) is 0 Å². The molecule has 1 aliphatic carbocycles. The molecule has 1 saturated carbocycles. The predicted molar refractivity (Wildman–Crippen MR) is 56.7 cm³/mol. The molecule has 3 rings (SSSR count). The summed E-state index contributed by atoms with van der Waals surface area (Å²) in [6, 6.07) is 6.37. The van der Waals surface area contributed by atoms with Gasteiger partial charge >= 0.3 is 0 Å². The zero-order valence-corrected chi connectivity index (χ0v) is 8.16. The molecule has 0 aromatic heterocycles. The van der Waals surface area contributed by atoms with E-state index in [0.29, 0.717) is 17.7 Å². The monoisotopic (exact) mass is 189 g/mol. The molecule has 2 unspecified atom stereocenters. The molecule has 0 amide bonds. The molecule has 0 saturated heterocycles. The molecule has 2 aliphatic rings. The minimum atomic E-state index is 0.476. The lowest BCUT2D eigenvalue weighted by Crippen LogP contribution is -2.23. The summed E-state index contributed by atoms with van der Waals surface area (Å²) in [7, 11) is 0. The summed E-state index contributed by atoms with van der Waals surface area (Å²) >= 11 is 0. The van der Waals surface area contributed by atoms with Crippen molar-refractivity contribution in [1.82, 2.24) is 0 Å². The summed E-state index contributed by atoms with van der Waals surface area (Å²) in [5.41, 5.74) is 2.32. The molecule has 0 bridgehead atoms. The van der Waals surface area contributed by atoms with Crippen LogP contribution < -0.4 is 5.32 Å². The van der Waals surface area contributed by atoms with Crippen LogP contribution in [0.25, 0.3) is 0 Å². The fourth-order valence-electron chi connectivity index (χ4n) is 2.92. The molecule has 1 heterocycles. The lowest BCUT2D eigenvalue weighted by atomic mass is 9.82. The van der Waals surface area contributed by atoms with Crippen LogP contribution in [0.5, 0.6) is 5.75 Å². The van der Waals surface area contributed by atoms with Gasteiger partial charge in [0.1, 0.15) is 5.75 Å². The molecular formula is C12H15NO. The summed E-state index contributed by atoms with van der Waals surface area (Å²) in [5.74, 6) is 1.03. The number of benzene rings is 1. The molecule has 1 aromatic carbocycles. The highest BCUT2D eigenvalue weighted by molar-refractivity contribution is 5.64. The number of anilines is 1. The maximum Gasteiger partial charge on any atom is 0.121 e. The van der Waals surface area contributed by atoms with Gasteiger partial charge in [-0.05, 0) is 25.0 Å². The second kappa shape index (κ2) is 2.91. The smallest absolute Gasteiger partial charge is 0.121 e. The third-order valence-corrected chi connectivity index (χ3v) is 3.56. The summed E-state index contributed by atoms with van der Waals surface area (Å²) in [5, 5.41) is 13.3. The fraction of sp³-hybridized carbons (Fsp3) is 0.500. The highest BCUT2D eigenvalue weighted by atomic mass is 16.3. The summed E-state index contributed by atoms with van der Waals surface area (Å²) in [4.78, 5) is 0. The predicted octanol–water partition coefficient (Wildman–Crippen LogP) is 2.84. The first kappa shape index (κ1) is 8.16. The van der Waals surface area contributed by atoms with Gasteiger partial charge in [-0.1, -0.05) is 18.9 Å². The van der Waals surface area contributed by atoms with E-state index in [9.17, 15) is 5.11 Å². The molecule has 0 radical (unpaired) electrons. The Labute approximate surface area is 84.0 Å². The minimum absolute atomic E-state index is 0.476. The lowest BCUT2D eigenvalue weighted by molar-refractivity contribution is 0.404. The summed E-state index contributed by atoms with van der Waals surface area (Å²) in [6.45, 7) is 0. The molecule has 2 N–H and O–H groups in total. The van der Waals surface area contributed by atoms with Crippen molar-refractivity contribution >= 4 is 5.69 Å². The number of fused-ring (bicyclic) bond motifs is 3. The van der Waals surface area contributed by atoms with Gasteiger partial charge in [-0.2, -0.15) is 0 Å². The van der Waals surface area contributed by atoms with Crippen LogP contribution >= 0.6 is 0 Å². The third kappa shape index (κ3) is 1.03. The Kier molecular flexibility index (Phi) is 1.69. The van der Waals surface area contributed by atoms with E-state index in [0.717, 1.165) is 11.3 Å². The van der Waals surface area contributed by atoms with Crippen LogP contribution in [0, 0.1) is 0 Å². The number of phenols is 1. The van der Waals surface area contributed by atoms with Crippen LogP contribution in [0.2, 0.25) is 0 Å². The van der Waals surface area contributed by atoms with Gasteiger partial charge in [0.2, 0.25) is 0 Å². The lowest BCUT2D eigenvalue weighted by Gasteiger charge is -2.25. The summed E-state index contributed by atoms with van der Waals surface area (Å²) < 4.78 is 0. The largest absolute Gasteiger partial charge is 0.508 e. The van der Waals surface area contributed by atoms with Crippen LogP contribution in [0.1, 0.15) is 37.2 Å². The number of rotatable bonds is 0. The Morgan fingerprint density at radius 2 is 2.07 bits per heavy atom. The molecule has 14 heavy (non-hydrogen) atoms. The van der Waals surface area contributed by atoms with Gasteiger partial charge in [0.05, 0.1) is 0 Å². The number of hydrogen-bond acceptors (Lipinski definition) is 2. The molecular weight excluding hydrogens is 174 g/mol. The fourth-order valence-corrected chi connectivity index (χ4v) is 2.92. The molecule has 1 aromatic rings. The Morgan fingerprint density at radius 3 is 3.00 bits per heavy atom. The molecule has 0 spiro atoms. The maximum absolute atomic E-state index is 9.83. The number of nitrogens with one attached hydrogen (secondary N) is 1. The highest BCUT2D eigenvalue weighted by Gasteiger charge is 2.35. The Hall–Kier alpha value is -1.18. The van der Waals surface area contributed by atoms with Crippen LogP contribution in [0.3, 0.4) is 0 Å². The number of phenolic OH excluding ortho intramolecular Hbond substituents is 1. The first-order valence-electron chi connectivity index (χ1n) is 5.44. The maximum atomic E-state index is 9.83. The van der Waals surface area contributed by atoms with Crippen LogP contribution in [0.4, 0.5) is 5.69 Å². The number of hydrogen-bond donors (Lipinski definition) is 2. The zero-order valence-electron chi connectivity index (χ0n) is 8.16. The van der Waals surface area contributed by atoms with Crippen molar-refractivity contribution in [2.24, 2.45) is 0 Å². The van der Waals surface area contributed by atoms with Gasteiger partial charge in [-0.3, -0.25) is 0 Å². The molecule has 2 nitrogen and oxygen atoms in total. The van der Waals surface area contributed by atoms with E-state index in [1.54, 1.807) is 6.07 Å². The summed E-state index contributed by atoms with van der Waals surface area (Å²) in [6.07, 6.45) is 5.10. The minimum Gasteiger partial charge on any atom is -0.508 e. The number of aromatic hydroxyl groups is 1. The second-order valence-corrected chi connectivity index (χ2v) is 4.38. The van der Waals surface area contributed by atoms with Gasteiger partial charge in [0.25, 0.3) is 0 Å². The quantitative estimate of drug-likeness (QED) is 0.657. The van der Waals surface area contributed by atoms with E-state index >= 15 is 0 Å². The van der Waals surface area contributed by atoms with E-state index in [1.807, 2.05) is 6.07 Å². The van der Waals surface area contributed by atoms with E-state index < -0.39 is 0 Å². The van der Waals surface area contributed by atoms with Crippen molar-refractivity contribution in [1.29, 1.82) is 0 Å². The Bertz CT molecular complexity index is 361. The van der Waals surface area contributed by atoms with Gasteiger partial charge in [0, 0.05) is 23.2 Å². The average Bonchev–Trinajstić information content (AvgIpc) is 2.57. The van der Waals surface area contributed by atoms with E-state index in [4.69, 9.17) is 0 Å². The second-order valence-electron chi connectivity index (χ2n) is 4.38. The van der Waals surface area contributed by atoms with Gasteiger partial charge in [-0.15, -0.1) is 0 Å². The van der Waals surface area contributed by atoms with Gasteiger partial charge in [-0.25, -0.2) is 0 Å². The normalized spacial score (nSPS) is 29.1. The van der Waals surface area contributed by atoms with Crippen molar-refractivity contribution in [3.8, 4) is 5.75 Å². The molecule has 1 fully saturated rings. The SMILES string of the molecule is Oc1cccc2c1C1CCCCC1N2.